The van der Waals surface area contributed by atoms with E-state index in [1.807, 2.05) is 6.20 Å². The summed E-state index contributed by atoms with van der Waals surface area (Å²) in [4.78, 5) is 14.9. The monoisotopic (exact) mass is 287 g/mol. The van der Waals surface area contributed by atoms with Crippen LogP contribution in [0.15, 0.2) is 41.3 Å². The molecule has 0 saturated carbocycles. The highest BCUT2D eigenvalue weighted by Gasteiger charge is 2.06. The lowest BCUT2D eigenvalue weighted by molar-refractivity contribution is 0.879. The number of fused-ring (bicyclic) bond motifs is 1. The highest BCUT2D eigenvalue weighted by molar-refractivity contribution is 6.16. The molecule has 0 aliphatic rings. The van der Waals surface area contributed by atoms with Crippen LogP contribution in [0, 0.1) is 6.92 Å². The molecule has 0 amide bonds. The number of aryl methyl sites for hydroxylation is 1. The van der Waals surface area contributed by atoms with Crippen LogP contribution >= 0.6 is 11.6 Å². The molecule has 3 aromatic rings. The van der Waals surface area contributed by atoms with Crippen LogP contribution in [0.4, 0.5) is 0 Å². The van der Waals surface area contributed by atoms with Crippen LogP contribution in [0.5, 0.6) is 0 Å². The fourth-order valence-electron chi connectivity index (χ4n) is 2.18. The molecule has 20 heavy (non-hydrogen) atoms. The number of H-pyrrole nitrogens is 1. The van der Waals surface area contributed by atoms with Crippen LogP contribution in [0.3, 0.4) is 0 Å². The molecule has 4 nitrogen and oxygen atoms in total. The SMILES string of the molecule is Cc1ccc(Cc2cn3nc(CCl)cc3c(=O)[nH]2)cc1. The van der Waals surface area contributed by atoms with Gasteiger partial charge in [-0.1, -0.05) is 29.8 Å². The quantitative estimate of drug-likeness (QED) is 0.753. The van der Waals surface area contributed by atoms with E-state index >= 15 is 0 Å². The molecule has 1 N–H and O–H groups in total. The van der Waals surface area contributed by atoms with Crippen LogP contribution in [0.1, 0.15) is 22.5 Å². The number of aromatic nitrogens is 3. The molecule has 2 heterocycles. The predicted octanol–water partition coefficient (Wildman–Crippen LogP) is 2.66. The van der Waals surface area contributed by atoms with Crippen molar-refractivity contribution in [3.05, 3.63) is 69.4 Å². The topological polar surface area (TPSA) is 50.2 Å². The van der Waals surface area contributed by atoms with Gasteiger partial charge in [-0.25, -0.2) is 4.52 Å². The van der Waals surface area contributed by atoms with E-state index in [2.05, 4.69) is 41.3 Å². The maximum Gasteiger partial charge on any atom is 0.274 e. The number of halogens is 1. The Morgan fingerprint density at radius 2 is 2.05 bits per heavy atom. The fourth-order valence-corrected chi connectivity index (χ4v) is 2.31. The van der Waals surface area contributed by atoms with Gasteiger partial charge in [0.15, 0.2) is 0 Å². The average molecular weight is 288 g/mol. The van der Waals surface area contributed by atoms with Crippen molar-refractivity contribution in [2.45, 2.75) is 19.2 Å². The standard InChI is InChI=1S/C15H14ClN3O/c1-10-2-4-11(5-3-10)6-13-9-19-14(15(20)17-13)7-12(8-16)18-19/h2-5,7,9H,6,8H2,1H3,(H,17,20). The Labute approximate surface area is 121 Å². The number of benzene rings is 1. The van der Waals surface area contributed by atoms with Crippen molar-refractivity contribution in [2.24, 2.45) is 0 Å². The van der Waals surface area contributed by atoms with Gasteiger partial charge in [0, 0.05) is 18.3 Å². The van der Waals surface area contributed by atoms with Gasteiger partial charge in [-0.3, -0.25) is 4.79 Å². The molecule has 5 heteroatoms. The highest BCUT2D eigenvalue weighted by Crippen LogP contribution is 2.10. The fraction of sp³-hybridized carbons (Fsp3) is 0.200. The van der Waals surface area contributed by atoms with Crippen LogP contribution in [-0.2, 0) is 12.3 Å². The molecule has 2 aromatic heterocycles. The Morgan fingerprint density at radius 1 is 1.30 bits per heavy atom. The number of rotatable bonds is 3. The third kappa shape index (κ3) is 2.47. The zero-order valence-electron chi connectivity index (χ0n) is 11.1. The lowest BCUT2D eigenvalue weighted by Crippen LogP contribution is -2.13. The van der Waals surface area contributed by atoms with E-state index in [-0.39, 0.29) is 5.56 Å². The van der Waals surface area contributed by atoms with Crippen LogP contribution < -0.4 is 5.56 Å². The second kappa shape index (κ2) is 5.13. The van der Waals surface area contributed by atoms with Crippen molar-refractivity contribution in [1.82, 2.24) is 14.6 Å². The minimum Gasteiger partial charge on any atom is -0.322 e. The highest BCUT2D eigenvalue weighted by atomic mass is 35.5. The first-order valence-electron chi connectivity index (χ1n) is 6.37. The van der Waals surface area contributed by atoms with Gasteiger partial charge in [0.1, 0.15) is 5.52 Å². The smallest absolute Gasteiger partial charge is 0.274 e. The van der Waals surface area contributed by atoms with Crippen molar-refractivity contribution >= 4 is 17.1 Å². The Kier molecular flexibility index (Phi) is 3.32. The lowest BCUT2D eigenvalue weighted by atomic mass is 10.1. The van der Waals surface area contributed by atoms with Gasteiger partial charge in [0.05, 0.1) is 11.6 Å². The third-order valence-electron chi connectivity index (χ3n) is 3.22. The van der Waals surface area contributed by atoms with Crippen molar-refractivity contribution in [2.75, 3.05) is 0 Å². The van der Waals surface area contributed by atoms with Crippen molar-refractivity contribution in [3.63, 3.8) is 0 Å². The summed E-state index contributed by atoms with van der Waals surface area (Å²) >= 11 is 5.75. The Morgan fingerprint density at radius 3 is 2.75 bits per heavy atom. The van der Waals surface area contributed by atoms with E-state index in [1.165, 1.54) is 5.56 Å². The van der Waals surface area contributed by atoms with E-state index in [9.17, 15) is 4.79 Å². The minimum absolute atomic E-state index is 0.140. The third-order valence-corrected chi connectivity index (χ3v) is 3.50. The second-order valence-corrected chi connectivity index (χ2v) is 5.14. The van der Waals surface area contributed by atoms with Crippen LogP contribution in [-0.4, -0.2) is 14.6 Å². The largest absolute Gasteiger partial charge is 0.322 e. The Balaban J connectivity index is 1.99. The van der Waals surface area contributed by atoms with E-state index in [4.69, 9.17) is 11.6 Å². The van der Waals surface area contributed by atoms with E-state index in [1.54, 1.807) is 10.6 Å². The number of aromatic amines is 1. The van der Waals surface area contributed by atoms with E-state index < -0.39 is 0 Å². The maximum absolute atomic E-state index is 12.0. The molecule has 0 fully saturated rings. The minimum atomic E-state index is -0.140. The van der Waals surface area contributed by atoms with Gasteiger partial charge < -0.3 is 4.98 Å². The van der Waals surface area contributed by atoms with Gasteiger partial charge in [-0.15, -0.1) is 11.6 Å². The molecule has 0 radical (unpaired) electrons. The molecule has 0 aliphatic heterocycles. The normalized spacial score (nSPS) is 11.1. The van der Waals surface area contributed by atoms with Gasteiger partial charge in [-0.2, -0.15) is 5.10 Å². The van der Waals surface area contributed by atoms with Crippen LogP contribution in [0.25, 0.3) is 5.52 Å². The molecule has 0 aliphatic carbocycles. The zero-order chi connectivity index (χ0) is 14.1. The van der Waals surface area contributed by atoms with Gasteiger partial charge in [-0.05, 0) is 18.6 Å². The molecule has 102 valence electrons. The molecule has 0 bridgehead atoms. The number of hydrogen-bond donors (Lipinski definition) is 1. The summed E-state index contributed by atoms with van der Waals surface area (Å²) in [5.41, 5.74) is 4.28. The van der Waals surface area contributed by atoms with Crippen molar-refractivity contribution < 1.29 is 0 Å². The number of alkyl halides is 1. The van der Waals surface area contributed by atoms with E-state index in [0.29, 0.717) is 23.5 Å². The summed E-state index contributed by atoms with van der Waals surface area (Å²) in [7, 11) is 0. The maximum atomic E-state index is 12.0. The molecule has 0 unspecified atom stereocenters. The summed E-state index contributed by atoms with van der Waals surface area (Å²) in [6.07, 6.45) is 2.51. The van der Waals surface area contributed by atoms with Gasteiger partial charge in [0.25, 0.3) is 5.56 Å². The zero-order valence-corrected chi connectivity index (χ0v) is 11.8. The molecule has 0 atom stereocenters. The predicted molar refractivity (Wildman–Crippen MR) is 79.4 cm³/mol. The first kappa shape index (κ1) is 12.9. The van der Waals surface area contributed by atoms with Gasteiger partial charge in [0.2, 0.25) is 0 Å². The molecule has 0 spiro atoms. The molecule has 0 saturated heterocycles. The van der Waals surface area contributed by atoms with E-state index in [0.717, 1.165) is 11.3 Å². The number of nitrogens with zero attached hydrogens (tertiary/aromatic N) is 2. The average Bonchev–Trinajstić information content (AvgIpc) is 2.85. The summed E-state index contributed by atoms with van der Waals surface area (Å²) < 4.78 is 1.60. The summed E-state index contributed by atoms with van der Waals surface area (Å²) in [6.45, 7) is 2.05. The lowest BCUT2D eigenvalue weighted by Gasteiger charge is -2.03. The summed E-state index contributed by atoms with van der Waals surface area (Å²) in [5.74, 6) is 0.300. The molecule has 1 aromatic carbocycles. The first-order chi connectivity index (χ1) is 9.65. The second-order valence-electron chi connectivity index (χ2n) is 4.87. The molecule has 3 rings (SSSR count). The Bertz CT molecular complexity index is 802. The number of nitrogens with one attached hydrogen (secondary N) is 1. The summed E-state index contributed by atoms with van der Waals surface area (Å²) in [5, 5.41) is 4.27. The van der Waals surface area contributed by atoms with Crippen molar-refractivity contribution in [1.29, 1.82) is 0 Å². The number of hydrogen-bond acceptors (Lipinski definition) is 2. The molecular weight excluding hydrogens is 274 g/mol. The molecular formula is C15H14ClN3O. The first-order valence-corrected chi connectivity index (χ1v) is 6.91. The van der Waals surface area contributed by atoms with Crippen molar-refractivity contribution in [3.8, 4) is 0 Å². The summed E-state index contributed by atoms with van der Waals surface area (Å²) in [6, 6.07) is 9.95. The van der Waals surface area contributed by atoms with Crippen LogP contribution in [0.2, 0.25) is 0 Å². The Hall–Kier alpha value is -2.07. The van der Waals surface area contributed by atoms with Gasteiger partial charge >= 0.3 is 0 Å².